The van der Waals surface area contributed by atoms with E-state index < -0.39 is 15.8 Å². The predicted molar refractivity (Wildman–Crippen MR) is 227 cm³/mol. The Kier molecular flexibility index (Phi) is 13.8. The third-order valence-electron chi connectivity index (χ3n) is 8.43. The number of aromatic nitrogens is 2. The fraction of sp³-hybridized carbons (Fsp3) is 0. The van der Waals surface area contributed by atoms with E-state index >= 15 is 0 Å². The number of nitrogens with zero attached hydrogens (tertiary/aromatic N) is 2. The Morgan fingerprint density at radius 3 is 0.698 bits per heavy atom. The molecule has 0 spiro atoms. The average molecular weight is 768 g/mol. The van der Waals surface area contributed by atoms with Gasteiger partial charge in [0.1, 0.15) is 0 Å². The van der Waals surface area contributed by atoms with Gasteiger partial charge in [-0.05, 0) is 59.8 Å². The first kappa shape index (κ1) is 37.5. The van der Waals surface area contributed by atoms with Crippen LogP contribution in [-0.2, 0) is 17.1 Å². The average Bonchev–Trinajstić information content (AvgIpc) is 3.24. The van der Waals surface area contributed by atoms with Crippen LogP contribution in [0, 0.1) is 0 Å². The first-order valence-corrected chi connectivity index (χ1v) is 20.0. The molecule has 0 fully saturated rings. The van der Waals surface area contributed by atoms with Crippen molar-refractivity contribution in [3.8, 4) is 0 Å². The molecule has 2 heterocycles. The molecular weight excluding hydrogens is 730 g/mol. The van der Waals surface area contributed by atoms with E-state index in [0.717, 1.165) is 21.8 Å². The van der Waals surface area contributed by atoms with Crippen LogP contribution in [0.4, 0.5) is 0 Å². The molecule has 53 heavy (non-hydrogen) atoms. The topological polar surface area (TPSA) is 25.8 Å². The van der Waals surface area contributed by atoms with E-state index in [1.807, 2.05) is 12.1 Å². The molecule has 0 amide bonds. The largest absolute Gasteiger partial charge is 0.254 e. The Morgan fingerprint density at radius 1 is 0.245 bits per heavy atom. The third kappa shape index (κ3) is 9.79. The summed E-state index contributed by atoms with van der Waals surface area (Å²) < 4.78 is 0. The molecule has 9 aromatic rings. The molecule has 7 aromatic carbocycles. The molecule has 0 aliphatic carbocycles. The van der Waals surface area contributed by atoms with Crippen LogP contribution >= 0.6 is 15.8 Å². The standard InChI is InChI=1S/2C18H15P.C12H8N2.Cu/c2*1-4-10-16(11-5-1)19(17-12-6-2-7-13-17)18-14-8-3-9-15-18;1-3-9-5-6-10-4-2-8-14-12(10)11(9)13-7-1;/h2*1-15H;1-8H;. The van der Waals surface area contributed by atoms with Gasteiger partial charge < -0.3 is 0 Å². The zero-order chi connectivity index (χ0) is 35.2. The first-order chi connectivity index (χ1) is 25.8. The van der Waals surface area contributed by atoms with Gasteiger partial charge in [-0.2, -0.15) is 0 Å². The summed E-state index contributed by atoms with van der Waals surface area (Å²) in [6.45, 7) is 0. The third-order valence-corrected chi connectivity index (χ3v) is 13.3. The molecule has 5 heteroatoms. The Hall–Kier alpha value is -5.26. The van der Waals surface area contributed by atoms with Gasteiger partial charge in [-0.15, -0.1) is 0 Å². The molecule has 0 atom stereocenters. The molecular formula is C48H38CuN2P2. The van der Waals surface area contributed by atoms with Gasteiger partial charge in [-0.1, -0.05) is 206 Å². The van der Waals surface area contributed by atoms with Crippen molar-refractivity contribution in [3.63, 3.8) is 0 Å². The van der Waals surface area contributed by atoms with Gasteiger partial charge in [-0.3, -0.25) is 9.97 Å². The first-order valence-electron chi connectivity index (χ1n) is 17.3. The molecule has 9 rings (SSSR count). The summed E-state index contributed by atoms with van der Waals surface area (Å²) in [5, 5.41) is 10.7. The van der Waals surface area contributed by atoms with Crippen molar-refractivity contribution in [1.29, 1.82) is 0 Å². The van der Waals surface area contributed by atoms with E-state index in [1.54, 1.807) is 12.4 Å². The van der Waals surface area contributed by atoms with Gasteiger partial charge in [0.25, 0.3) is 0 Å². The van der Waals surface area contributed by atoms with Crippen LogP contribution in [0.3, 0.4) is 0 Å². The maximum Gasteiger partial charge on any atom is 0.0964 e. The Bertz CT molecular complexity index is 2040. The summed E-state index contributed by atoms with van der Waals surface area (Å²) in [5.41, 5.74) is 1.95. The summed E-state index contributed by atoms with van der Waals surface area (Å²) in [6, 6.07) is 76.8. The fourth-order valence-corrected chi connectivity index (χ4v) is 10.6. The van der Waals surface area contributed by atoms with Crippen LogP contribution in [0.1, 0.15) is 0 Å². The van der Waals surface area contributed by atoms with E-state index in [4.69, 9.17) is 0 Å². The normalized spacial score (nSPS) is 10.5. The van der Waals surface area contributed by atoms with E-state index in [9.17, 15) is 0 Å². The van der Waals surface area contributed by atoms with E-state index in [0.29, 0.717) is 0 Å². The summed E-state index contributed by atoms with van der Waals surface area (Å²) in [6.07, 6.45) is 3.60. The molecule has 0 bridgehead atoms. The van der Waals surface area contributed by atoms with Crippen LogP contribution in [0.5, 0.6) is 0 Å². The Labute approximate surface area is 325 Å². The molecule has 0 unspecified atom stereocenters. The van der Waals surface area contributed by atoms with E-state index in [1.165, 1.54) is 31.8 Å². The monoisotopic (exact) mass is 767 g/mol. The molecule has 0 N–H and O–H groups in total. The van der Waals surface area contributed by atoms with Crippen molar-refractivity contribution in [2.45, 2.75) is 0 Å². The van der Waals surface area contributed by atoms with Crippen LogP contribution in [0.25, 0.3) is 21.8 Å². The van der Waals surface area contributed by atoms with Crippen molar-refractivity contribution in [3.05, 3.63) is 231 Å². The number of benzene rings is 7. The van der Waals surface area contributed by atoms with Crippen molar-refractivity contribution < 1.29 is 17.1 Å². The van der Waals surface area contributed by atoms with Gasteiger partial charge >= 0.3 is 0 Å². The van der Waals surface area contributed by atoms with E-state index in [2.05, 4.69) is 216 Å². The SMILES string of the molecule is [Cu].c1ccc(P(c2ccccc2)c2ccccc2)cc1.c1ccc(P(c2ccccc2)c2ccccc2)cc1.c1cnc2c(c1)ccc1cccnc12. The van der Waals surface area contributed by atoms with Crippen LogP contribution < -0.4 is 31.8 Å². The smallest absolute Gasteiger partial charge is 0.0964 e. The Balaban J connectivity index is 0.000000136. The van der Waals surface area contributed by atoms with Crippen molar-refractivity contribution in [1.82, 2.24) is 9.97 Å². The minimum Gasteiger partial charge on any atom is -0.254 e. The minimum atomic E-state index is -0.446. The van der Waals surface area contributed by atoms with E-state index in [-0.39, 0.29) is 17.1 Å². The van der Waals surface area contributed by atoms with Gasteiger partial charge in [0.15, 0.2) is 0 Å². The van der Waals surface area contributed by atoms with Crippen LogP contribution in [-0.4, -0.2) is 9.97 Å². The van der Waals surface area contributed by atoms with Gasteiger partial charge in [0, 0.05) is 40.2 Å². The zero-order valence-electron chi connectivity index (χ0n) is 29.0. The second kappa shape index (κ2) is 19.5. The van der Waals surface area contributed by atoms with Gasteiger partial charge in [0.05, 0.1) is 11.0 Å². The maximum atomic E-state index is 4.35. The summed E-state index contributed by atoms with van der Waals surface area (Å²) in [4.78, 5) is 8.69. The van der Waals surface area contributed by atoms with Crippen molar-refractivity contribution in [2.24, 2.45) is 0 Å². The molecule has 2 aromatic heterocycles. The van der Waals surface area contributed by atoms with Crippen molar-refractivity contribution in [2.75, 3.05) is 0 Å². The quantitative estimate of drug-likeness (QED) is 0.0958. The maximum absolute atomic E-state index is 4.35. The molecule has 0 aliphatic rings. The Morgan fingerprint density at radius 2 is 0.472 bits per heavy atom. The number of hydrogen-bond acceptors (Lipinski definition) is 2. The summed E-state index contributed by atoms with van der Waals surface area (Å²) in [7, 11) is -0.892. The van der Waals surface area contributed by atoms with Gasteiger partial charge in [0.2, 0.25) is 0 Å². The zero-order valence-corrected chi connectivity index (χ0v) is 31.8. The summed E-state index contributed by atoms with van der Waals surface area (Å²) in [5.74, 6) is 0. The minimum absolute atomic E-state index is 0. The molecule has 1 radical (unpaired) electrons. The molecule has 0 saturated carbocycles. The van der Waals surface area contributed by atoms with Gasteiger partial charge in [-0.25, -0.2) is 0 Å². The van der Waals surface area contributed by atoms with Crippen molar-refractivity contribution >= 4 is 69.5 Å². The fourth-order valence-electron chi connectivity index (χ4n) is 6.04. The summed E-state index contributed by atoms with van der Waals surface area (Å²) >= 11 is 0. The second-order valence-electron chi connectivity index (χ2n) is 11.9. The molecule has 2 nitrogen and oxygen atoms in total. The van der Waals surface area contributed by atoms with Crippen LogP contribution in [0.15, 0.2) is 231 Å². The number of fused-ring (bicyclic) bond motifs is 3. The predicted octanol–water partition coefficient (Wildman–Crippen LogP) is 9.67. The number of hydrogen-bond donors (Lipinski definition) is 0. The number of rotatable bonds is 6. The number of pyridine rings is 2. The molecule has 0 saturated heterocycles. The van der Waals surface area contributed by atoms with Crippen LogP contribution in [0.2, 0.25) is 0 Å². The second-order valence-corrected chi connectivity index (χ2v) is 16.3. The molecule has 0 aliphatic heterocycles. The molecule has 261 valence electrons.